The van der Waals surface area contributed by atoms with E-state index >= 15 is 0 Å². The summed E-state index contributed by atoms with van der Waals surface area (Å²) in [5.41, 5.74) is 1.74. The lowest BCUT2D eigenvalue weighted by Crippen LogP contribution is -2.38. The Bertz CT molecular complexity index is 1070. The highest BCUT2D eigenvalue weighted by Gasteiger charge is 2.31. The Morgan fingerprint density at radius 2 is 2.19 bits per heavy atom. The summed E-state index contributed by atoms with van der Waals surface area (Å²) in [4.78, 5) is 32.0. The van der Waals surface area contributed by atoms with Crippen LogP contribution in [0.2, 0.25) is 0 Å². The van der Waals surface area contributed by atoms with E-state index in [1.54, 1.807) is 6.20 Å². The van der Waals surface area contributed by atoms with E-state index in [1.165, 1.54) is 0 Å². The van der Waals surface area contributed by atoms with Crippen LogP contribution in [0.15, 0.2) is 23.3 Å². The molecule has 1 amide bonds. The SMILES string of the molecule is CC(C)(C)OC(=O)NC1CCC(n2c(=O)[nH]c3cnc4c(ccn4P)c32)C1. The van der Waals surface area contributed by atoms with Gasteiger partial charge in [-0.05, 0) is 55.5 Å². The van der Waals surface area contributed by atoms with E-state index in [0.29, 0.717) is 6.42 Å². The third kappa shape index (κ3) is 3.34. The van der Waals surface area contributed by atoms with Gasteiger partial charge in [0.05, 0.1) is 17.2 Å². The number of carbonyl (C=O) groups is 1. The first kappa shape index (κ1) is 18.0. The third-order valence-electron chi connectivity index (χ3n) is 4.91. The van der Waals surface area contributed by atoms with Gasteiger partial charge in [-0.1, -0.05) is 0 Å². The molecule has 0 aromatic carbocycles. The zero-order valence-electron chi connectivity index (χ0n) is 15.7. The van der Waals surface area contributed by atoms with Crippen molar-refractivity contribution in [3.63, 3.8) is 0 Å². The van der Waals surface area contributed by atoms with E-state index in [4.69, 9.17) is 4.74 Å². The molecule has 0 bridgehead atoms. The smallest absolute Gasteiger partial charge is 0.407 e. The maximum atomic E-state index is 12.6. The molecule has 144 valence electrons. The van der Waals surface area contributed by atoms with Crippen molar-refractivity contribution in [1.29, 1.82) is 0 Å². The fourth-order valence-electron chi connectivity index (χ4n) is 3.87. The molecule has 0 spiro atoms. The van der Waals surface area contributed by atoms with Gasteiger partial charge in [0, 0.05) is 23.7 Å². The van der Waals surface area contributed by atoms with E-state index in [-0.39, 0.29) is 17.8 Å². The monoisotopic (exact) mass is 389 g/mol. The van der Waals surface area contributed by atoms with E-state index in [0.717, 1.165) is 34.9 Å². The number of H-pyrrole nitrogens is 1. The highest BCUT2D eigenvalue weighted by molar-refractivity contribution is 7.14. The maximum absolute atomic E-state index is 12.6. The van der Waals surface area contributed by atoms with Crippen LogP contribution in [-0.2, 0) is 4.74 Å². The normalized spacial score (nSPS) is 20.4. The van der Waals surface area contributed by atoms with E-state index in [9.17, 15) is 9.59 Å². The number of imidazole rings is 1. The quantitative estimate of drug-likeness (QED) is 0.659. The summed E-state index contributed by atoms with van der Waals surface area (Å²) in [5.74, 6) is 0. The van der Waals surface area contributed by atoms with Gasteiger partial charge in [0.25, 0.3) is 0 Å². The number of fused-ring (bicyclic) bond motifs is 3. The summed E-state index contributed by atoms with van der Waals surface area (Å²) in [5, 5.41) is 3.86. The van der Waals surface area contributed by atoms with Crippen molar-refractivity contribution in [2.75, 3.05) is 0 Å². The summed E-state index contributed by atoms with van der Waals surface area (Å²) in [6, 6.07) is 1.97. The molecule has 2 N–H and O–H groups in total. The molecule has 1 fully saturated rings. The molecule has 3 heterocycles. The Morgan fingerprint density at radius 3 is 2.93 bits per heavy atom. The molecule has 3 aromatic rings. The second-order valence-electron chi connectivity index (χ2n) is 8.09. The molecule has 3 atom stereocenters. The molecular formula is C18H24N5O3P. The fraction of sp³-hybridized carbons (Fsp3) is 0.500. The molecule has 0 radical (unpaired) electrons. The molecule has 1 aliphatic carbocycles. The lowest BCUT2D eigenvalue weighted by molar-refractivity contribution is 0.0505. The molecule has 4 rings (SSSR count). The topological polar surface area (TPSA) is 93.9 Å². The predicted molar refractivity (Wildman–Crippen MR) is 107 cm³/mol. The Labute approximate surface area is 158 Å². The van der Waals surface area contributed by atoms with Gasteiger partial charge in [0.2, 0.25) is 0 Å². The number of hydrogen-bond donors (Lipinski definition) is 2. The average molecular weight is 389 g/mol. The van der Waals surface area contributed by atoms with Gasteiger partial charge < -0.3 is 19.4 Å². The number of rotatable bonds is 2. The molecular weight excluding hydrogens is 365 g/mol. The molecule has 8 nitrogen and oxygen atoms in total. The molecule has 27 heavy (non-hydrogen) atoms. The van der Waals surface area contributed by atoms with Gasteiger partial charge in [-0.25, -0.2) is 14.6 Å². The predicted octanol–water partition coefficient (Wildman–Crippen LogP) is 2.94. The largest absolute Gasteiger partial charge is 0.444 e. The highest BCUT2D eigenvalue weighted by atomic mass is 31.0. The summed E-state index contributed by atoms with van der Waals surface area (Å²) >= 11 is 0. The van der Waals surface area contributed by atoms with Gasteiger partial charge in [-0.15, -0.1) is 0 Å². The van der Waals surface area contributed by atoms with Crippen LogP contribution in [0.25, 0.3) is 22.1 Å². The van der Waals surface area contributed by atoms with Crippen LogP contribution in [0.1, 0.15) is 46.1 Å². The van der Waals surface area contributed by atoms with E-state index in [2.05, 4.69) is 24.7 Å². The van der Waals surface area contributed by atoms with Crippen LogP contribution < -0.4 is 11.0 Å². The number of nitrogens with one attached hydrogen (secondary N) is 2. The second-order valence-corrected chi connectivity index (χ2v) is 8.65. The first-order valence-corrected chi connectivity index (χ1v) is 9.59. The van der Waals surface area contributed by atoms with Crippen molar-refractivity contribution in [2.24, 2.45) is 0 Å². The number of aromatic amines is 1. The Balaban J connectivity index is 1.62. The number of alkyl carbamates (subject to hydrolysis) is 1. The number of carbonyl (C=O) groups excluding carboxylic acids is 1. The summed E-state index contributed by atoms with van der Waals surface area (Å²) in [6.45, 7) is 5.52. The van der Waals surface area contributed by atoms with E-state index < -0.39 is 11.7 Å². The minimum atomic E-state index is -0.528. The minimum Gasteiger partial charge on any atom is -0.444 e. The van der Waals surface area contributed by atoms with Crippen molar-refractivity contribution >= 4 is 37.6 Å². The van der Waals surface area contributed by atoms with Crippen LogP contribution in [-0.4, -0.2) is 36.6 Å². The van der Waals surface area contributed by atoms with Crippen LogP contribution in [0, 0.1) is 0 Å². The fourth-order valence-corrected chi connectivity index (χ4v) is 4.16. The van der Waals surface area contributed by atoms with Crippen LogP contribution in [0.4, 0.5) is 4.79 Å². The van der Waals surface area contributed by atoms with Gasteiger partial charge in [-0.2, -0.15) is 0 Å². The number of aromatic nitrogens is 4. The zero-order chi connectivity index (χ0) is 19.3. The molecule has 9 heteroatoms. The number of amides is 1. The number of pyridine rings is 1. The second kappa shape index (κ2) is 6.37. The van der Waals surface area contributed by atoms with Gasteiger partial charge >= 0.3 is 11.8 Å². The zero-order valence-corrected chi connectivity index (χ0v) is 16.8. The van der Waals surface area contributed by atoms with Crippen LogP contribution >= 0.6 is 9.39 Å². The molecule has 0 saturated heterocycles. The summed E-state index contributed by atoms with van der Waals surface area (Å²) in [7, 11) is 2.60. The number of nitrogens with zero attached hydrogens (tertiary/aromatic N) is 3. The van der Waals surface area contributed by atoms with Crippen molar-refractivity contribution in [2.45, 2.75) is 57.7 Å². The van der Waals surface area contributed by atoms with Crippen molar-refractivity contribution in [3.8, 4) is 0 Å². The third-order valence-corrected chi connectivity index (χ3v) is 5.32. The molecule has 1 aliphatic rings. The van der Waals surface area contributed by atoms with Crippen molar-refractivity contribution < 1.29 is 9.53 Å². The van der Waals surface area contributed by atoms with Gasteiger partial charge in [0.1, 0.15) is 11.2 Å². The molecule has 3 unspecified atom stereocenters. The summed E-state index contributed by atoms with van der Waals surface area (Å²) in [6.07, 6.45) is 5.51. The van der Waals surface area contributed by atoms with Crippen molar-refractivity contribution in [3.05, 3.63) is 28.9 Å². The van der Waals surface area contributed by atoms with E-state index in [1.807, 2.05) is 41.9 Å². The first-order chi connectivity index (χ1) is 12.7. The number of hydrogen-bond acceptors (Lipinski definition) is 4. The van der Waals surface area contributed by atoms with Gasteiger partial charge in [-0.3, -0.25) is 4.57 Å². The highest BCUT2D eigenvalue weighted by Crippen LogP contribution is 2.33. The Kier molecular flexibility index (Phi) is 4.26. The minimum absolute atomic E-state index is 0.00893. The van der Waals surface area contributed by atoms with Crippen LogP contribution in [0.5, 0.6) is 0 Å². The van der Waals surface area contributed by atoms with Crippen molar-refractivity contribution in [1.82, 2.24) is 24.2 Å². The lowest BCUT2D eigenvalue weighted by atomic mass is 10.2. The number of ether oxygens (including phenoxy) is 1. The standard InChI is InChI=1S/C18H24N5O3P/c1-18(2,3)26-17(25)20-10-4-5-11(8-10)23-14-12-6-7-22(27)15(12)19-9-13(14)21-16(23)24/h6-7,9-11H,4-5,8,27H2,1-3H3,(H,20,25)(H,21,24). The maximum Gasteiger partial charge on any atom is 0.407 e. The molecule has 0 aliphatic heterocycles. The average Bonchev–Trinajstić information content (AvgIpc) is 3.22. The Hall–Kier alpha value is -2.34. The first-order valence-electron chi connectivity index (χ1n) is 9.08. The molecule has 3 aromatic heterocycles. The molecule has 1 saturated carbocycles. The Morgan fingerprint density at radius 1 is 1.41 bits per heavy atom. The van der Waals surface area contributed by atoms with Gasteiger partial charge in [0.15, 0.2) is 0 Å². The summed E-state index contributed by atoms with van der Waals surface area (Å²) < 4.78 is 9.02. The lowest BCUT2D eigenvalue weighted by Gasteiger charge is -2.21. The van der Waals surface area contributed by atoms with Crippen LogP contribution in [0.3, 0.4) is 0 Å².